The van der Waals surface area contributed by atoms with Gasteiger partial charge in [0.15, 0.2) is 0 Å². The van der Waals surface area contributed by atoms with Crippen molar-refractivity contribution < 1.29 is 19.1 Å². The summed E-state index contributed by atoms with van der Waals surface area (Å²) in [7, 11) is 0. The minimum Gasteiger partial charge on any atom is -0.460 e. The van der Waals surface area contributed by atoms with Crippen LogP contribution in [-0.2, 0) is 25.5 Å². The third-order valence-corrected chi connectivity index (χ3v) is 3.63. The minimum atomic E-state index is -0.477. The number of carbonyl (C=O) groups excluding carboxylic acids is 3. The fourth-order valence-corrected chi connectivity index (χ4v) is 2.54. The molecule has 2 rings (SSSR count). The summed E-state index contributed by atoms with van der Waals surface area (Å²) in [6.45, 7) is 1.71. The Kier molecular flexibility index (Phi) is 5.09. The molecule has 1 amide bonds. The molecule has 112 valence electrons. The smallest absolute Gasteiger partial charge is 0.306 e. The molecule has 5 heteroatoms. The maximum Gasteiger partial charge on any atom is 0.306 e. The summed E-state index contributed by atoms with van der Waals surface area (Å²) < 4.78 is 5.35. The fourth-order valence-electron chi connectivity index (χ4n) is 2.54. The van der Waals surface area contributed by atoms with Crippen LogP contribution in [0.4, 0.5) is 0 Å². The number of rotatable bonds is 5. The Morgan fingerprint density at radius 3 is 2.62 bits per heavy atom. The lowest BCUT2D eigenvalue weighted by molar-refractivity contribution is -0.149. The molecule has 21 heavy (non-hydrogen) atoms. The van der Waals surface area contributed by atoms with E-state index in [4.69, 9.17) is 4.74 Å². The number of nitrogens with zero attached hydrogens (tertiary/aromatic N) is 1. The Hall–Kier alpha value is -2.17. The van der Waals surface area contributed by atoms with Crippen LogP contribution >= 0.6 is 0 Å². The SMILES string of the molecule is CC(=O)N1C[C@H](OC(=O)CCc2ccccc2)C[C@@H]1C=O. The maximum absolute atomic E-state index is 11.8. The van der Waals surface area contributed by atoms with E-state index in [0.29, 0.717) is 25.8 Å². The Labute approximate surface area is 123 Å². The van der Waals surface area contributed by atoms with Gasteiger partial charge >= 0.3 is 5.97 Å². The lowest BCUT2D eigenvalue weighted by atomic mass is 10.1. The average Bonchev–Trinajstić information content (AvgIpc) is 2.89. The van der Waals surface area contributed by atoms with E-state index in [2.05, 4.69) is 0 Å². The molecule has 0 saturated carbocycles. The number of esters is 1. The van der Waals surface area contributed by atoms with Crippen LogP contribution in [0.3, 0.4) is 0 Å². The van der Waals surface area contributed by atoms with Crippen molar-refractivity contribution >= 4 is 18.2 Å². The van der Waals surface area contributed by atoms with Gasteiger partial charge in [-0.05, 0) is 12.0 Å². The van der Waals surface area contributed by atoms with Gasteiger partial charge in [0.25, 0.3) is 0 Å². The van der Waals surface area contributed by atoms with Gasteiger partial charge < -0.3 is 14.4 Å². The molecule has 0 aliphatic carbocycles. The third-order valence-electron chi connectivity index (χ3n) is 3.63. The summed E-state index contributed by atoms with van der Waals surface area (Å²) >= 11 is 0. The van der Waals surface area contributed by atoms with Crippen molar-refractivity contribution in [3.8, 4) is 0 Å². The molecule has 0 radical (unpaired) electrons. The first-order valence-corrected chi connectivity index (χ1v) is 7.06. The van der Waals surface area contributed by atoms with Crippen molar-refractivity contribution in [2.75, 3.05) is 6.54 Å². The van der Waals surface area contributed by atoms with Crippen LogP contribution in [0, 0.1) is 0 Å². The monoisotopic (exact) mass is 289 g/mol. The van der Waals surface area contributed by atoms with E-state index in [1.165, 1.54) is 11.8 Å². The number of carbonyl (C=O) groups is 3. The summed E-state index contributed by atoms with van der Waals surface area (Å²) in [5, 5.41) is 0. The number of ether oxygens (including phenoxy) is 1. The van der Waals surface area contributed by atoms with E-state index in [-0.39, 0.29) is 18.0 Å². The predicted molar refractivity (Wildman–Crippen MR) is 76.5 cm³/mol. The van der Waals surface area contributed by atoms with E-state index in [1.54, 1.807) is 0 Å². The molecule has 1 fully saturated rings. The number of hydrogen-bond donors (Lipinski definition) is 0. The van der Waals surface area contributed by atoms with E-state index in [0.717, 1.165) is 11.8 Å². The van der Waals surface area contributed by atoms with E-state index < -0.39 is 6.04 Å². The molecule has 0 unspecified atom stereocenters. The van der Waals surface area contributed by atoms with Gasteiger partial charge in [0, 0.05) is 19.8 Å². The molecule has 1 aliphatic heterocycles. The van der Waals surface area contributed by atoms with Crippen LogP contribution < -0.4 is 0 Å². The lowest BCUT2D eigenvalue weighted by Crippen LogP contribution is -2.35. The quantitative estimate of drug-likeness (QED) is 0.606. The first-order chi connectivity index (χ1) is 10.1. The second-order valence-corrected chi connectivity index (χ2v) is 5.21. The highest BCUT2D eigenvalue weighted by atomic mass is 16.5. The van der Waals surface area contributed by atoms with Gasteiger partial charge in [-0.1, -0.05) is 30.3 Å². The van der Waals surface area contributed by atoms with Gasteiger partial charge in [-0.2, -0.15) is 0 Å². The highest BCUT2D eigenvalue weighted by Gasteiger charge is 2.35. The van der Waals surface area contributed by atoms with Crippen LogP contribution in [0.25, 0.3) is 0 Å². The molecule has 0 bridgehead atoms. The largest absolute Gasteiger partial charge is 0.460 e. The molecular formula is C16H19NO4. The highest BCUT2D eigenvalue weighted by Crippen LogP contribution is 2.19. The van der Waals surface area contributed by atoms with Crippen molar-refractivity contribution in [1.82, 2.24) is 4.90 Å². The van der Waals surface area contributed by atoms with Gasteiger partial charge in [0.2, 0.25) is 5.91 Å². The molecular weight excluding hydrogens is 270 g/mol. The molecule has 5 nitrogen and oxygen atoms in total. The van der Waals surface area contributed by atoms with Crippen molar-refractivity contribution in [1.29, 1.82) is 0 Å². The molecule has 0 N–H and O–H groups in total. The summed E-state index contributed by atoms with van der Waals surface area (Å²) in [6.07, 6.45) is 1.67. The predicted octanol–water partition coefficient (Wildman–Crippen LogP) is 1.35. The Morgan fingerprint density at radius 1 is 1.33 bits per heavy atom. The van der Waals surface area contributed by atoms with Crippen LogP contribution in [0.1, 0.15) is 25.3 Å². The van der Waals surface area contributed by atoms with E-state index in [1.807, 2.05) is 30.3 Å². The zero-order valence-electron chi connectivity index (χ0n) is 12.0. The Balaban J connectivity index is 1.81. The lowest BCUT2D eigenvalue weighted by Gasteiger charge is -2.17. The van der Waals surface area contributed by atoms with Crippen molar-refractivity contribution in [2.45, 2.75) is 38.3 Å². The van der Waals surface area contributed by atoms with Gasteiger partial charge in [-0.3, -0.25) is 9.59 Å². The molecule has 0 aromatic heterocycles. The number of hydrogen-bond acceptors (Lipinski definition) is 4. The summed E-state index contributed by atoms with van der Waals surface area (Å²) in [4.78, 5) is 35.6. The highest BCUT2D eigenvalue weighted by molar-refractivity contribution is 5.78. The second-order valence-electron chi connectivity index (χ2n) is 5.21. The number of aldehydes is 1. The second kappa shape index (κ2) is 7.02. The molecule has 2 atom stereocenters. The molecule has 0 spiro atoms. The molecule has 1 aliphatic rings. The van der Waals surface area contributed by atoms with Crippen molar-refractivity contribution in [2.24, 2.45) is 0 Å². The van der Waals surface area contributed by atoms with Gasteiger partial charge in [-0.15, -0.1) is 0 Å². The Bertz CT molecular complexity index is 514. The Morgan fingerprint density at radius 2 is 2.05 bits per heavy atom. The topological polar surface area (TPSA) is 63.7 Å². The number of amides is 1. The molecule has 1 heterocycles. The number of likely N-dealkylation sites (tertiary alicyclic amines) is 1. The minimum absolute atomic E-state index is 0.171. The first-order valence-electron chi connectivity index (χ1n) is 7.06. The zero-order chi connectivity index (χ0) is 15.2. The van der Waals surface area contributed by atoms with Crippen LogP contribution in [0.2, 0.25) is 0 Å². The standard InChI is InChI=1S/C16H19NO4/c1-12(19)17-10-15(9-14(17)11-18)21-16(20)8-7-13-5-3-2-4-6-13/h2-6,11,14-15H,7-10H2,1H3/t14-,15-/m1/s1. The van der Waals surface area contributed by atoms with Gasteiger partial charge in [0.05, 0.1) is 12.6 Å². The van der Waals surface area contributed by atoms with Gasteiger partial charge in [-0.25, -0.2) is 0 Å². The molecule has 1 aromatic carbocycles. The summed E-state index contributed by atoms with van der Waals surface area (Å²) in [5.74, 6) is -0.464. The van der Waals surface area contributed by atoms with Crippen LogP contribution in [0.5, 0.6) is 0 Å². The van der Waals surface area contributed by atoms with E-state index >= 15 is 0 Å². The number of benzene rings is 1. The van der Waals surface area contributed by atoms with E-state index in [9.17, 15) is 14.4 Å². The van der Waals surface area contributed by atoms with Gasteiger partial charge in [0.1, 0.15) is 12.4 Å². The van der Waals surface area contributed by atoms with Crippen molar-refractivity contribution in [3.05, 3.63) is 35.9 Å². The maximum atomic E-state index is 11.8. The summed E-state index contributed by atoms with van der Waals surface area (Å²) in [5.41, 5.74) is 1.08. The molecule has 1 saturated heterocycles. The molecule has 1 aromatic rings. The fraction of sp³-hybridized carbons (Fsp3) is 0.438. The van der Waals surface area contributed by atoms with Crippen LogP contribution in [-0.4, -0.2) is 41.8 Å². The zero-order valence-corrected chi connectivity index (χ0v) is 12.0. The number of aryl methyl sites for hydroxylation is 1. The normalized spacial score (nSPS) is 21.1. The third kappa shape index (κ3) is 4.15. The average molecular weight is 289 g/mol. The first kappa shape index (κ1) is 15.2. The summed E-state index contributed by atoms with van der Waals surface area (Å²) in [6, 6.07) is 9.23. The van der Waals surface area contributed by atoms with Crippen molar-refractivity contribution in [3.63, 3.8) is 0 Å². The van der Waals surface area contributed by atoms with Crippen LogP contribution in [0.15, 0.2) is 30.3 Å².